The molecular formula is C16H22N2O2S. The van der Waals surface area contributed by atoms with Crippen molar-refractivity contribution in [3.63, 3.8) is 0 Å². The molecule has 2 rings (SSSR count). The minimum Gasteiger partial charge on any atom is -0.475 e. The summed E-state index contributed by atoms with van der Waals surface area (Å²) in [4.78, 5) is 6.99. The standard InChI is InChI=1S/C16H22N2O2S/c1-11-9-15(13(3)21-11)12(2)18-14-5-6-16(17-10-14)20-8-7-19-4/h5-6,9-10,12,18H,7-8H2,1-4H3. The summed E-state index contributed by atoms with van der Waals surface area (Å²) < 4.78 is 10.4. The Morgan fingerprint density at radius 2 is 2.10 bits per heavy atom. The number of hydrogen-bond acceptors (Lipinski definition) is 5. The lowest BCUT2D eigenvalue weighted by Gasteiger charge is -2.15. The lowest BCUT2D eigenvalue weighted by molar-refractivity contribution is 0.144. The van der Waals surface area contributed by atoms with Gasteiger partial charge in [-0.15, -0.1) is 11.3 Å². The summed E-state index contributed by atoms with van der Waals surface area (Å²) in [6, 6.07) is 6.36. The van der Waals surface area contributed by atoms with Crippen LogP contribution in [0.5, 0.6) is 5.88 Å². The van der Waals surface area contributed by atoms with Crippen LogP contribution in [0, 0.1) is 13.8 Å². The molecule has 0 saturated heterocycles. The zero-order chi connectivity index (χ0) is 15.2. The highest BCUT2D eigenvalue weighted by Crippen LogP contribution is 2.28. The second-order valence-electron chi connectivity index (χ2n) is 4.96. The van der Waals surface area contributed by atoms with Gasteiger partial charge in [-0.25, -0.2) is 4.98 Å². The number of thiophene rings is 1. The van der Waals surface area contributed by atoms with Gasteiger partial charge in [0.15, 0.2) is 0 Å². The molecule has 114 valence electrons. The molecule has 0 aliphatic heterocycles. The van der Waals surface area contributed by atoms with Crippen molar-refractivity contribution in [1.82, 2.24) is 4.98 Å². The third-order valence-electron chi connectivity index (χ3n) is 3.20. The largest absolute Gasteiger partial charge is 0.475 e. The number of rotatable bonds is 7. The monoisotopic (exact) mass is 306 g/mol. The van der Waals surface area contributed by atoms with Crippen LogP contribution in [-0.2, 0) is 4.74 Å². The number of ether oxygens (including phenoxy) is 2. The van der Waals surface area contributed by atoms with Crippen LogP contribution in [0.3, 0.4) is 0 Å². The molecule has 0 aliphatic carbocycles. The molecular weight excluding hydrogens is 284 g/mol. The summed E-state index contributed by atoms with van der Waals surface area (Å²) in [7, 11) is 1.65. The molecule has 21 heavy (non-hydrogen) atoms. The number of methoxy groups -OCH3 is 1. The summed E-state index contributed by atoms with van der Waals surface area (Å²) in [6.45, 7) is 7.55. The van der Waals surface area contributed by atoms with Crippen LogP contribution < -0.4 is 10.1 Å². The van der Waals surface area contributed by atoms with Gasteiger partial charge in [-0.1, -0.05) is 0 Å². The quantitative estimate of drug-likeness (QED) is 0.786. The summed E-state index contributed by atoms with van der Waals surface area (Å²) in [6.07, 6.45) is 1.80. The fourth-order valence-electron chi connectivity index (χ4n) is 2.19. The number of aromatic nitrogens is 1. The fraction of sp³-hybridized carbons (Fsp3) is 0.438. The van der Waals surface area contributed by atoms with E-state index in [2.05, 4.69) is 37.1 Å². The average Bonchev–Trinajstić information content (AvgIpc) is 2.80. The first kappa shape index (κ1) is 15.8. The van der Waals surface area contributed by atoms with Gasteiger partial charge in [0.1, 0.15) is 6.61 Å². The molecule has 0 aliphatic rings. The van der Waals surface area contributed by atoms with Crippen molar-refractivity contribution < 1.29 is 9.47 Å². The molecule has 2 aromatic heterocycles. The predicted molar refractivity (Wildman–Crippen MR) is 87.4 cm³/mol. The van der Waals surface area contributed by atoms with Crippen LogP contribution in [0.2, 0.25) is 0 Å². The first-order chi connectivity index (χ1) is 10.1. The van der Waals surface area contributed by atoms with Gasteiger partial charge < -0.3 is 14.8 Å². The fourth-order valence-corrected chi connectivity index (χ4v) is 3.21. The lowest BCUT2D eigenvalue weighted by Crippen LogP contribution is -2.08. The van der Waals surface area contributed by atoms with Crippen LogP contribution >= 0.6 is 11.3 Å². The summed E-state index contributed by atoms with van der Waals surface area (Å²) in [5, 5.41) is 3.47. The Morgan fingerprint density at radius 3 is 2.67 bits per heavy atom. The minimum atomic E-state index is 0.261. The Balaban J connectivity index is 1.95. The van der Waals surface area contributed by atoms with Gasteiger partial charge in [0.25, 0.3) is 0 Å². The van der Waals surface area contributed by atoms with E-state index < -0.39 is 0 Å². The maximum atomic E-state index is 5.45. The first-order valence-corrected chi connectivity index (χ1v) is 7.83. The van der Waals surface area contributed by atoms with Gasteiger partial charge in [0.2, 0.25) is 5.88 Å². The maximum absolute atomic E-state index is 5.45. The number of anilines is 1. The molecule has 4 nitrogen and oxygen atoms in total. The molecule has 2 aromatic rings. The first-order valence-electron chi connectivity index (χ1n) is 7.01. The van der Waals surface area contributed by atoms with Crippen LogP contribution in [-0.4, -0.2) is 25.3 Å². The van der Waals surface area contributed by atoms with E-state index in [4.69, 9.17) is 9.47 Å². The third-order valence-corrected chi connectivity index (χ3v) is 4.18. The zero-order valence-electron chi connectivity index (χ0n) is 13.0. The molecule has 5 heteroatoms. The topological polar surface area (TPSA) is 43.4 Å². The number of hydrogen-bond donors (Lipinski definition) is 1. The van der Waals surface area contributed by atoms with Gasteiger partial charge >= 0.3 is 0 Å². The second-order valence-corrected chi connectivity index (χ2v) is 6.42. The highest BCUT2D eigenvalue weighted by Gasteiger charge is 2.11. The highest BCUT2D eigenvalue weighted by atomic mass is 32.1. The lowest BCUT2D eigenvalue weighted by atomic mass is 10.1. The highest BCUT2D eigenvalue weighted by molar-refractivity contribution is 7.12. The number of aryl methyl sites for hydroxylation is 2. The third kappa shape index (κ3) is 4.44. The van der Waals surface area contributed by atoms with Crippen LogP contribution in [0.4, 0.5) is 5.69 Å². The molecule has 0 spiro atoms. The zero-order valence-corrected chi connectivity index (χ0v) is 13.8. The van der Waals surface area contributed by atoms with Crippen molar-refractivity contribution in [2.75, 3.05) is 25.6 Å². The van der Waals surface area contributed by atoms with Crippen LogP contribution in [0.25, 0.3) is 0 Å². The van der Waals surface area contributed by atoms with Crippen molar-refractivity contribution in [2.45, 2.75) is 26.8 Å². The molecule has 0 fully saturated rings. The van der Waals surface area contributed by atoms with E-state index in [9.17, 15) is 0 Å². The van der Waals surface area contributed by atoms with Gasteiger partial charge in [0, 0.05) is 29.0 Å². The molecule has 0 bridgehead atoms. The summed E-state index contributed by atoms with van der Waals surface area (Å²) >= 11 is 1.83. The van der Waals surface area contributed by atoms with E-state index in [1.54, 1.807) is 13.3 Å². The molecule has 0 radical (unpaired) electrons. The average molecular weight is 306 g/mol. The Bertz CT molecular complexity index is 566. The maximum Gasteiger partial charge on any atom is 0.213 e. The van der Waals surface area contributed by atoms with Crippen molar-refractivity contribution in [3.8, 4) is 5.88 Å². The van der Waals surface area contributed by atoms with Crippen molar-refractivity contribution >= 4 is 17.0 Å². The normalized spacial score (nSPS) is 12.2. The molecule has 1 N–H and O–H groups in total. The Kier molecular flexibility index (Phi) is 5.59. The van der Waals surface area contributed by atoms with E-state index in [0.29, 0.717) is 19.1 Å². The van der Waals surface area contributed by atoms with Crippen LogP contribution in [0.15, 0.2) is 24.4 Å². The number of nitrogens with zero attached hydrogens (tertiary/aromatic N) is 1. The summed E-state index contributed by atoms with van der Waals surface area (Å²) in [5.74, 6) is 0.618. The van der Waals surface area contributed by atoms with Crippen molar-refractivity contribution in [2.24, 2.45) is 0 Å². The Hall–Kier alpha value is -1.59. The SMILES string of the molecule is COCCOc1ccc(NC(C)c2cc(C)sc2C)cn1. The van der Waals surface area contributed by atoms with E-state index >= 15 is 0 Å². The molecule has 0 aromatic carbocycles. The number of nitrogens with one attached hydrogen (secondary N) is 1. The molecule has 0 saturated carbocycles. The van der Waals surface area contributed by atoms with E-state index in [1.165, 1.54) is 15.3 Å². The van der Waals surface area contributed by atoms with Crippen LogP contribution in [0.1, 0.15) is 28.3 Å². The van der Waals surface area contributed by atoms with E-state index in [0.717, 1.165) is 5.69 Å². The minimum absolute atomic E-state index is 0.261. The van der Waals surface area contributed by atoms with Crippen molar-refractivity contribution in [1.29, 1.82) is 0 Å². The molecule has 1 unspecified atom stereocenters. The van der Waals surface area contributed by atoms with E-state index in [-0.39, 0.29) is 6.04 Å². The second kappa shape index (κ2) is 7.43. The Labute approximate surface area is 130 Å². The summed E-state index contributed by atoms with van der Waals surface area (Å²) in [5.41, 5.74) is 2.34. The van der Waals surface area contributed by atoms with Gasteiger partial charge in [-0.05, 0) is 38.5 Å². The molecule has 2 heterocycles. The smallest absolute Gasteiger partial charge is 0.213 e. The molecule has 0 amide bonds. The van der Waals surface area contributed by atoms with Gasteiger partial charge in [-0.3, -0.25) is 0 Å². The Morgan fingerprint density at radius 1 is 1.29 bits per heavy atom. The van der Waals surface area contributed by atoms with Gasteiger partial charge in [-0.2, -0.15) is 0 Å². The van der Waals surface area contributed by atoms with E-state index in [1.807, 2.05) is 23.5 Å². The van der Waals surface area contributed by atoms with Crippen molar-refractivity contribution in [3.05, 3.63) is 39.7 Å². The molecule has 1 atom stereocenters. The predicted octanol–water partition coefficient (Wildman–Crippen LogP) is 3.96. The van der Waals surface area contributed by atoms with Gasteiger partial charge in [0.05, 0.1) is 18.5 Å². The number of pyridine rings is 1.